The molecular formula is C20H24N2O2. The van der Waals surface area contributed by atoms with E-state index in [1.807, 2.05) is 19.1 Å². The number of benzene rings is 2. The summed E-state index contributed by atoms with van der Waals surface area (Å²) in [5.41, 5.74) is 4.95. The largest absolute Gasteiger partial charge is 0.508 e. The van der Waals surface area contributed by atoms with E-state index in [0.29, 0.717) is 5.75 Å². The van der Waals surface area contributed by atoms with Crippen LogP contribution in [0, 0.1) is 0 Å². The summed E-state index contributed by atoms with van der Waals surface area (Å²) in [4.78, 5) is 13.6. The number of nitrogens with zero attached hydrogens (tertiary/aromatic N) is 1. The van der Waals surface area contributed by atoms with E-state index in [1.54, 1.807) is 13.0 Å². The molecule has 2 N–H and O–H groups in total. The van der Waals surface area contributed by atoms with Crippen LogP contribution in [0.4, 0.5) is 0 Å². The van der Waals surface area contributed by atoms with E-state index in [0.717, 1.165) is 31.6 Å². The third kappa shape index (κ3) is 3.95. The van der Waals surface area contributed by atoms with Crippen LogP contribution in [0.3, 0.4) is 0 Å². The third-order valence-corrected chi connectivity index (χ3v) is 4.59. The van der Waals surface area contributed by atoms with Crippen molar-refractivity contribution < 1.29 is 9.90 Å². The number of amides is 1. The van der Waals surface area contributed by atoms with Crippen molar-refractivity contribution in [3.63, 3.8) is 0 Å². The second-order valence-corrected chi connectivity index (χ2v) is 6.58. The summed E-state index contributed by atoms with van der Waals surface area (Å²) in [5.74, 6) is 0.343. The maximum Gasteiger partial charge on any atom is 0.217 e. The molecule has 0 unspecified atom stereocenters. The number of fused-ring (bicyclic) bond motifs is 1. The van der Waals surface area contributed by atoms with Gasteiger partial charge in [0.15, 0.2) is 0 Å². The highest BCUT2D eigenvalue weighted by Gasteiger charge is 2.17. The summed E-state index contributed by atoms with van der Waals surface area (Å²) in [7, 11) is 0. The molecule has 1 aliphatic heterocycles. The van der Waals surface area contributed by atoms with Crippen LogP contribution in [0.1, 0.15) is 42.1 Å². The first-order valence-electron chi connectivity index (χ1n) is 8.40. The predicted molar refractivity (Wildman–Crippen MR) is 94.6 cm³/mol. The Balaban J connectivity index is 1.62. The van der Waals surface area contributed by atoms with E-state index in [9.17, 15) is 9.90 Å². The van der Waals surface area contributed by atoms with Gasteiger partial charge in [0.25, 0.3) is 0 Å². The molecule has 0 saturated carbocycles. The molecule has 0 aromatic heterocycles. The number of carbonyl (C=O) groups excluding carboxylic acids is 1. The minimum absolute atomic E-state index is 0.00963. The SMILES string of the molecule is CC(=O)N[C@@H](C)c1ccc(CN2CCc3cc(O)ccc3C2)cc1. The van der Waals surface area contributed by atoms with E-state index in [2.05, 4.69) is 34.5 Å². The van der Waals surface area contributed by atoms with E-state index >= 15 is 0 Å². The average molecular weight is 324 g/mol. The molecule has 126 valence electrons. The van der Waals surface area contributed by atoms with Gasteiger partial charge in [0.2, 0.25) is 5.91 Å². The molecule has 1 atom stereocenters. The zero-order valence-corrected chi connectivity index (χ0v) is 14.2. The highest BCUT2D eigenvalue weighted by atomic mass is 16.3. The zero-order chi connectivity index (χ0) is 17.1. The first kappa shape index (κ1) is 16.5. The predicted octanol–water partition coefficient (Wildman–Crippen LogP) is 3.15. The molecule has 3 rings (SSSR count). The summed E-state index contributed by atoms with van der Waals surface area (Å²) in [5, 5.41) is 12.5. The summed E-state index contributed by atoms with van der Waals surface area (Å²) in [6, 6.07) is 14.2. The first-order valence-corrected chi connectivity index (χ1v) is 8.40. The van der Waals surface area contributed by atoms with Crippen LogP contribution in [0.2, 0.25) is 0 Å². The van der Waals surface area contributed by atoms with Crippen molar-refractivity contribution in [1.29, 1.82) is 0 Å². The van der Waals surface area contributed by atoms with Gasteiger partial charge in [0.05, 0.1) is 6.04 Å². The molecule has 0 fully saturated rings. The van der Waals surface area contributed by atoms with Gasteiger partial charge in [-0.15, -0.1) is 0 Å². The lowest BCUT2D eigenvalue weighted by Gasteiger charge is -2.29. The Hall–Kier alpha value is -2.33. The monoisotopic (exact) mass is 324 g/mol. The van der Waals surface area contributed by atoms with E-state index in [-0.39, 0.29) is 11.9 Å². The molecule has 0 aliphatic carbocycles. The van der Waals surface area contributed by atoms with Crippen LogP contribution in [-0.2, 0) is 24.3 Å². The van der Waals surface area contributed by atoms with E-state index in [1.165, 1.54) is 16.7 Å². The Bertz CT molecular complexity index is 725. The first-order chi connectivity index (χ1) is 11.5. The van der Waals surface area contributed by atoms with Crippen molar-refractivity contribution in [3.05, 3.63) is 64.7 Å². The molecule has 0 spiro atoms. The normalized spacial score (nSPS) is 15.6. The van der Waals surface area contributed by atoms with Gasteiger partial charge >= 0.3 is 0 Å². The fourth-order valence-electron chi connectivity index (χ4n) is 3.29. The molecule has 0 bridgehead atoms. The molecule has 2 aromatic carbocycles. The molecule has 1 aliphatic rings. The second kappa shape index (κ2) is 7.05. The lowest BCUT2D eigenvalue weighted by atomic mass is 9.98. The molecular weight excluding hydrogens is 300 g/mol. The molecule has 4 nitrogen and oxygen atoms in total. The van der Waals surface area contributed by atoms with E-state index in [4.69, 9.17) is 0 Å². The Kier molecular flexibility index (Phi) is 4.86. The fourth-order valence-corrected chi connectivity index (χ4v) is 3.29. The summed E-state index contributed by atoms with van der Waals surface area (Å²) >= 11 is 0. The number of aromatic hydroxyl groups is 1. The lowest BCUT2D eigenvalue weighted by molar-refractivity contribution is -0.119. The van der Waals surface area contributed by atoms with Gasteiger partial charge in [-0.1, -0.05) is 30.3 Å². The smallest absolute Gasteiger partial charge is 0.217 e. The minimum atomic E-state index is -0.00963. The molecule has 1 heterocycles. The number of rotatable bonds is 4. The number of hydrogen-bond donors (Lipinski definition) is 2. The van der Waals surface area contributed by atoms with E-state index < -0.39 is 0 Å². The topological polar surface area (TPSA) is 52.6 Å². The van der Waals surface area contributed by atoms with Crippen LogP contribution >= 0.6 is 0 Å². The summed E-state index contributed by atoms with van der Waals surface area (Å²) < 4.78 is 0. The number of nitrogens with one attached hydrogen (secondary N) is 1. The van der Waals surface area contributed by atoms with Crippen LogP contribution in [0.25, 0.3) is 0 Å². The van der Waals surface area contributed by atoms with Crippen molar-refractivity contribution in [2.45, 2.75) is 39.4 Å². The van der Waals surface area contributed by atoms with Crippen LogP contribution in [-0.4, -0.2) is 22.5 Å². The van der Waals surface area contributed by atoms with Crippen LogP contribution in [0.15, 0.2) is 42.5 Å². The molecule has 0 radical (unpaired) electrons. The summed E-state index contributed by atoms with van der Waals surface area (Å²) in [6.45, 7) is 6.36. The van der Waals surface area contributed by atoms with Gasteiger partial charge in [-0.05, 0) is 47.7 Å². The number of phenols is 1. The van der Waals surface area contributed by atoms with Gasteiger partial charge in [-0.3, -0.25) is 9.69 Å². The highest BCUT2D eigenvalue weighted by molar-refractivity contribution is 5.73. The molecule has 2 aromatic rings. The van der Waals surface area contributed by atoms with Gasteiger partial charge in [0, 0.05) is 26.6 Å². The number of phenolic OH excluding ortho intramolecular Hbond substituents is 1. The maximum absolute atomic E-state index is 11.1. The van der Waals surface area contributed by atoms with Crippen LogP contribution < -0.4 is 5.32 Å². The molecule has 0 saturated heterocycles. The van der Waals surface area contributed by atoms with Crippen LogP contribution in [0.5, 0.6) is 5.75 Å². The molecule has 24 heavy (non-hydrogen) atoms. The van der Waals surface area contributed by atoms with Crippen molar-refractivity contribution in [1.82, 2.24) is 10.2 Å². The van der Waals surface area contributed by atoms with Crippen molar-refractivity contribution in [3.8, 4) is 5.75 Å². The van der Waals surface area contributed by atoms with Crippen molar-refractivity contribution in [2.24, 2.45) is 0 Å². The minimum Gasteiger partial charge on any atom is -0.508 e. The van der Waals surface area contributed by atoms with Gasteiger partial charge < -0.3 is 10.4 Å². The Morgan fingerprint density at radius 2 is 1.96 bits per heavy atom. The Labute approximate surface area is 143 Å². The third-order valence-electron chi connectivity index (χ3n) is 4.59. The second-order valence-electron chi connectivity index (χ2n) is 6.58. The highest BCUT2D eigenvalue weighted by Crippen LogP contribution is 2.24. The number of carbonyl (C=O) groups is 1. The number of hydrogen-bond acceptors (Lipinski definition) is 3. The molecule has 1 amide bonds. The van der Waals surface area contributed by atoms with Gasteiger partial charge in [0.1, 0.15) is 5.75 Å². The van der Waals surface area contributed by atoms with Crippen molar-refractivity contribution in [2.75, 3.05) is 6.54 Å². The standard InChI is InChI=1S/C20H24N2O2/c1-14(21-15(2)23)17-5-3-16(4-6-17)12-22-10-9-18-11-20(24)8-7-19(18)13-22/h3-8,11,14,24H,9-10,12-13H2,1-2H3,(H,21,23)/t14-/m0/s1. The maximum atomic E-state index is 11.1. The Morgan fingerprint density at radius 3 is 2.67 bits per heavy atom. The molecule has 4 heteroatoms. The average Bonchev–Trinajstić information content (AvgIpc) is 2.55. The zero-order valence-electron chi connectivity index (χ0n) is 14.2. The fraction of sp³-hybridized carbons (Fsp3) is 0.350. The van der Waals surface area contributed by atoms with Crippen molar-refractivity contribution >= 4 is 5.91 Å². The van der Waals surface area contributed by atoms with Gasteiger partial charge in [-0.25, -0.2) is 0 Å². The summed E-state index contributed by atoms with van der Waals surface area (Å²) in [6.07, 6.45) is 0.974. The quantitative estimate of drug-likeness (QED) is 0.908. The van der Waals surface area contributed by atoms with Gasteiger partial charge in [-0.2, -0.15) is 0 Å². The Morgan fingerprint density at radius 1 is 1.21 bits per heavy atom. The lowest BCUT2D eigenvalue weighted by Crippen LogP contribution is -2.30.